The first-order valence-electron chi connectivity index (χ1n) is 5.66. The molecule has 0 amide bonds. The number of rotatable bonds is 7. The van der Waals surface area contributed by atoms with E-state index in [-0.39, 0.29) is 5.97 Å². The van der Waals surface area contributed by atoms with Crippen LogP contribution in [-0.4, -0.2) is 27.5 Å². The SMILES string of the molecule is CCCCOC(=O)CC[Se]c1ccccc1. The minimum absolute atomic E-state index is 0.0498. The first-order valence-corrected chi connectivity index (χ1v) is 7.73. The fourth-order valence-electron chi connectivity index (χ4n) is 1.17. The third-order valence-corrected chi connectivity index (χ3v) is 4.21. The Morgan fingerprint density at radius 1 is 1.31 bits per heavy atom. The van der Waals surface area contributed by atoms with Gasteiger partial charge in [0, 0.05) is 0 Å². The normalized spacial score (nSPS) is 10.1. The Balaban J connectivity index is 2.09. The first-order chi connectivity index (χ1) is 7.83. The van der Waals surface area contributed by atoms with Gasteiger partial charge in [-0.15, -0.1) is 0 Å². The zero-order valence-corrected chi connectivity index (χ0v) is 11.4. The Hall–Kier alpha value is -0.791. The second-order valence-electron chi connectivity index (χ2n) is 3.49. The van der Waals surface area contributed by atoms with Crippen molar-refractivity contribution in [3.05, 3.63) is 30.3 Å². The van der Waals surface area contributed by atoms with Crippen LogP contribution in [0, 0.1) is 0 Å². The van der Waals surface area contributed by atoms with E-state index >= 15 is 0 Å². The van der Waals surface area contributed by atoms with Gasteiger partial charge in [-0.1, -0.05) is 0 Å². The third-order valence-electron chi connectivity index (χ3n) is 2.08. The summed E-state index contributed by atoms with van der Waals surface area (Å²) in [6.45, 7) is 2.67. The van der Waals surface area contributed by atoms with Crippen molar-refractivity contribution >= 4 is 25.4 Å². The number of hydrogen-bond donors (Lipinski definition) is 0. The van der Waals surface area contributed by atoms with Gasteiger partial charge in [0.05, 0.1) is 0 Å². The predicted molar refractivity (Wildman–Crippen MR) is 67.1 cm³/mol. The van der Waals surface area contributed by atoms with Crippen molar-refractivity contribution in [2.45, 2.75) is 31.5 Å². The Kier molecular flexibility index (Phi) is 6.95. The summed E-state index contributed by atoms with van der Waals surface area (Å²) >= 11 is 0.394. The summed E-state index contributed by atoms with van der Waals surface area (Å²) in [6, 6.07) is 10.3. The molecule has 1 rings (SSSR count). The van der Waals surface area contributed by atoms with Gasteiger partial charge in [-0.05, 0) is 0 Å². The number of esters is 1. The number of unbranched alkanes of at least 4 members (excludes halogenated alkanes) is 1. The van der Waals surface area contributed by atoms with Crippen molar-refractivity contribution in [1.29, 1.82) is 0 Å². The zero-order valence-electron chi connectivity index (χ0n) is 9.65. The first kappa shape index (κ1) is 13.3. The predicted octanol–water partition coefficient (Wildman–Crippen LogP) is 2.17. The molecule has 0 atom stereocenters. The van der Waals surface area contributed by atoms with E-state index in [1.165, 1.54) is 4.46 Å². The molecular weight excluding hydrogens is 267 g/mol. The van der Waals surface area contributed by atoms with Gasteiger partial charge >= 0.3 is 103 Å². The maximum atomic E-state index is 11.3. The quantitative estimate of drug-likeness (QED) is 0.436. The molecule has 1 aromatic rings. The molecule has 3 heteroatoms. The van der Waals surface area contributed by atoms with E-state index in [0.717, 1.165) is 18.2 Å². The molecule has 0 unspecified atom stereocenters. The molecule has 0 aromatic heterocycles. The summed E-state index contributed by atoms with van der Waals surface area (Å²) in [4.78, 5) is 11.3. The van der Waals surface area contributed by atoms with E-state index in [0.29, 0.717) is 28.0 Å². The Labute approximate surface area is 104 Å². The summed E-state index contributed by atoms with van der Waals surface area (Å²) in [6.07, 6.45) is 2.59. The van der Waals surface area contributed by atoms with E-state index in [1.807, 2.05) is 18.2 Å². The topological polar surface area (TPSA) is 26.3 Å². The fourth-order valence-corrected chi connectivity index (χ4v) is 2.96. The van der Waals surface area contributed by atoms with E-state index in [4.69, 9.17) is 4.74 Å². The van der Waals surface area contributed by atoms with Gasteiger partial charge in [0.2, 0.25) is 0 Å². The maximum absolute atomic E-state index is 11.3. The van der Waals surface area contributed by atoms with Crippen LogP contribution in [0.1, 0.15) is 26.2 Å². The van der Waals surface area contributed by atoms with Gasteiger partial charge < -0.3 is 0 Å². The Morgan fingerprint density at radius 3 is 2.75 bits per heavy atom. The van der Waals surface area contributed by atoms with Crippen LogP contribution in [0.5, 0.6) is 0 Å². The van der Waals surface area contributed by atoms with E-state index in [2.05, 4.69) is 19.1 Å². The van der Waals surface area contributed by atoms with Gasteiger partial charge in [0.15, 0.2) is 0 Å². The molecule has 0 heterocycles. The molecule has 0 N–H and O–H groups in total. The average Bonchev–Trinajstić information content (AvgIpc) is 2.31. The molecule has 0 aliphatic heterocycles. The standard InChI is InChI=1S/C13H18O2Se/c1-2-3-10-15-13(14)9-11-16-12-7-5-4-6-8-12/h4-8H,2-3,9-11H2,1H3. The second kappa shape index (κ2) is 8.37. The van der Waals surface area contributed by atoms with Crippen molar-refractivity contribution in [3.8, 4) is 0 Å². The molecule has 88 valence electrons. The molecular formula is C13H18O2Se. The van der Waals surface area contributed by atoms with Crippen molar-refractivity contribution in [3.63, 3.8) is 0 Å². The molecule has 16 heavy (non-hydrogen) atoms. The van der Waals surface area contributed by atoms with E-state index in [9.17, 15) is 4.79 Å². The molecule has 0 spiro atoms. The van der Waals surface area contributed by atoms with Crippen LogP contribution in [0.15, 0.2) is 30.3 Å². The van der Waals surface area contributed by atoms with Crippen LogP contribution >= 0.6 is 0 Å². The van der Waals surface area contributed by atoms with E-state index in [1.54, 1.807) is 0 Å². The summed E-state index contributed by atoms with van der Waals surface area (Å²) in [5.41, 5.74) is 0. The third kappa shape index (κ3) is 5.94. The van der Waals surface area contributed by atoms with Crippen LogP contribution in [-0.2, 0) is 9.53 Å². The Bertz CT molecular complexity index is 298. The molecule has 0 radical (unpaired) electrons. The van der Waals surface area contributed by atoms with Crippen LogP contribution in [0.4, 0.5) is 0 Å². The van der Waals surface area contributed by atoms with Crippen molar-refractivity contribution < 1.29 is 9.53 Å². The molecule has 0 aliphatic rings. The second-order valence-corrected chi connectivity index (χ2v) is 5.94. The number of hydrogen-bond acceptors (Lipinski definition) is 2. The average molecular weight is 285 g/mol. The van der Waals surface area contributed by atoms with Crippen LogP contribution in [0.2, 0.25) is 5.32 Å². The molecule has 0 aliphatic carbocycles. The van der Waals surface area contributed by atoms with Gasteiger partial charge in [-0.3, -0.25) is 0 Å². The fraction of sp³-hybridized carbons (Fsp3) is 0.462. The molecule has 2 nitrogen and oxygen atoms in total. The van der Waals surface area contributed by atoms with Crippen molar-refractivity contribution in [1.82, 2.24) is 0 Å². The summed E-state index contributed by atoms with van der Waals surface area (Å²) in [5, 5.41) is 0.933. The van der Waals surface area contributed by atoms with Crippen LogP contribution < -0.4 is 4.46 Å². The summed E-state index contributed by atoms with van der Waals surface area (Å²) in [7, 11) is 0. The summed E-state index contributed by atoms with van der Waals surface area (Å²) < 4.78 is 6.44. The monoisotopic (exact) mass is 286 g/mol. The van der Waals surface area contributed by atoms with Gasteiger partial charge in [-0.2, -0.15) is 0 Å². The van der Waals surface area contributed by atoms with Crippen molar-refractivity contribution in [2.24, 2.45) is 0 Å². The molecule has 0 saturated carbocycles. The summed E-state index contributed by atoms with van der Waals surface area (Å²) in [5.74, 6) is -0.0498. The molecule has 0 fully saturated rings. The van der Waals surface area contributed by atoms with Crippen molar-refractivity contribution in [2.75, 3.05) is 6.61 Å². The van der Waals surface area contributed by atoms with Gasteiger partial charge in [0.1, 0.15) is 0 Å². The number of carbonyl (C=O) groups is 1. The Morgan fingerprint density at radius 2 is 2.06 bits per heavy atom. The van der Waals surface area contributed by atoms with Crippen LogP contribution in [0.25, 0.3) is 0 Å². The molecule has 0 bridgehead atoms. The van der Waals surface area contributed by atoms with E-state index < -0.39 is 0 Å². The number of benzene rings is 1. The van der Waals surface area contributed by atoms with Crippen LogP contribution in [0.3, 0.4) is 0 Å². The molecule has 0 saturated heterocycles. The minimum atomic E-state index is -0.0498. The molecule has 1 aromatic carbocycles. The van der Waals surface area contributed by atoms with Gasteiger partial charge in [0.25, 0.3) is 0 Å². The zero-order chi connectivity index (χ0) is 11.6. The van der Waals surface area contributed by atoms with Gasteiger partial charge in [-0.25, -0.2) is 0 Å². The number of carbonyl (C=O) groups excluding carboxylic acids is 1. The number of ether oxygens (including phenoxy) is 1.